The van der Waals surface area contributed by atoms with E-state index in [9.17, 15) is 19.2 Å². The molecule has 0 fully saturated rings. The number of carbonyl (C=O) groups excluding carboxylic acids is 4. The second-order valence-corrected chi connectivity index (χ2v) is 10.4. The smallest absolute Gasteiger partial charge is 0.319 e. The minimum atomic E-state index is -0.568. The van der Waals surface area contributed by atoms with Gasteiger partial charge < -0.3 is 34.8 Å². The Morgan fingerprint density at radius 3 is 2.15 bits per heavy atom. The molecule has 0 saturated carbocycles. The van der Waals surface area contributed by atoms with Gasteiger partial charge in [-0.3, -0.25) is 14.4 Å². The maximum absolute atomic E-state index is 13.5. The average molecular weight is 624 g/mol. The molecule has 11 nitrogen and oxygen atoms in total. The summed E-state index contributed by atoms with van der Waals surface area (Å²) in [5, 5.41) is 5.27. The van der Waals surface area contributed by atoms with E-state index in [1.807, 2.05) is 43.3 Å². The van der Waals surface area contributed by atoms with Gasteiger partial charge >= 0.3 is 6.03 Å². The number of para-hydroxylation sites is 3. The van der Waals surface area contributed by atoms with Crippen LogP contribution in [0.4, 0.5) is 27.5 Å². The van der Waals surface area contributed by atoms with Crippen LogP contribution in [-0.4, -0.2) is 64.7 Å². The molecule has 0 radical (unpaired) electrons. The number of urea groups is 1. The lowest BCUT2D eigenvalue weighted by molar-refractivity contribution is -0.121. The highest BCUT2D eigenvalue weighted by Crippen LogP contribution is 2.27. The zero-order valence-electron chi connectivity index (χ0n) is 26.2. The number of hydrogen-bond acceptors (Lipinski definition) is 6. The average Bonchev–Trinajstić information content (AvgIpc) is 3.08. The number of carbonyl (C=O) groups is 4. The molecular weight excluding hydrogens is 586 g/mol. The first-order chi connectivity index (χ1) is 22.2. The van der Waals surface area contributed by atoms with E-state index in [2.05, 4.69) is 10.6 Å². The Labute approximate surface area is 268 Å². The van der Waals surface area contributed by atoms with Gasteiger partial charge in [0.1, 0.15) is 18.0 Å². The van der Waals surface area contributed by atoms with Gasteiger partial charge in [-0.25, -0.2) is 4.79 Å². The number of aryl methyl sites for hydroxylation is 1. The van der Waals surface area contributed by atoms with E-state index in [0.29, 0.717) is 34.2 Å². The summed E-state index contributed by atoms with van der Waals surface area (Å²) < 4.78 is 11.2. The molecule has 0 atom stereocenters. The number of hydrogen-bond donors (Lipinski definition) is 2. The van der Waals surface area contributed by atoms with E-state index in [0.717, 1.165) is 5.56 Å². The third-order valence-corrected chi connectivity index (χ3v) is 7.10. The van der Waals surface area contributed by atoms with Crippen molar-refractivity contribution in [3.63, 3.8) is 0 Å². The van der Waals surface area contributed by atoms with Crippen molar-refractivity contribution in [3.8, 4) is 11.5 Å². The molecule has 0 aromatic heterocycles. The summed E-state index contributed by atoms with van der Waals surface area (Å²) >= 11 is 0. The fraction of sp³-hybridized carbons (Fsp3) is 0.200. The van der Waals surface area contributed by atoms with Gasteiger partial charge in [-0.05, 0) is 61.0 Å². The first-order valence-electron chi connectivity index (χ1n) is 14.5. The van der Waals surface area contributed by atoms with Crippen LogP contribution < -0.4 is 34.8 Å². The molecule has 0 saturated heterocycles. The lowest BCUT2D eigenvalue weighted by Crippen LogP contribution is -2.46. The third-order valence-electron chi connectivity index (χ3n) is 7.10. The topological polar surface area (TPSA) is 121 Å². The summed E-state index contributed by atoms with van der Waals surface area (Å²) in [6.45, 7) is 0.917. The quantitative estimate of drug-likeness (QED) is 0.233. The molecule has 0 spiro atoms. The van der Waals surface area contributed by atoms with Crippen molar-refractivity contribution in [2.45, 2.75) is 6.92 Å². The minimum Gasteiger partial charge on any atom is -0.495 e. The molecule has 2 N–H and O–H groups in total. The van der Waals surface area contributed by atoms with Crippen LogP contribution in [0.2, 0.25) is 0 Å². The summed E-state index contributed by atoms with van der Waals surface area (Å²) in [5.41, 5.74) is 3.15. The van der Waals surface area contributed by atoms with Crippen LogP contribution in [0.15, 0.2) is 103 Å². The molecule has 0 bridgehead atoms. The molecule has 0 aliphatic heterocycles. The van der Waals surface area contributed by atoms with Gasteiger partial charge in [0.2, 0.25) is 11.8 Å². The molecule has 4 aromatic rings. The molecule has 0 heterocycles. The fourth-order valence-corrected chi connectivity index (χ4v) is 4.53. The number of nitrogens with zero attached hydrogens (tertiary/aromatic N) is 3. The van der Waals surface area contributed by atoms with Crippen molar-refractivity contribution in [3.05, 3.63) is 109 Å². The predicted molar refractivity (Wildman–Crippen MR) is 179 cm³/mol. The summed E-state index contributed by atoms with van der Waals surface area (Å²) in [4.78, 5) is 56.6. The molecule has 46 heavy (non-hydrogen) atoms. The summed E-state index contributed by atoms with van der Waals surface area (Å²) in [6, 6.07) is 29.4. The summed E-state index contributed by atoms with van der Waals surface area (Å²) in [6.07, 6.45) is 0. The Balaban J connectivity index is 1.48. The molecule has 4 aromatic carbocycles. The first-order valence-corrected chi connectivity index (χ1v) is 14.5. The maximum atomic E-state index is 13.5. The molecular formula is C35H37N5O6. The van der Waals surface area contributed by atoms with E-state index in [1.54, 1.807) is 80.8 Å². The largest absolute Gasteiger partial charge is 0.495 e. The molecule has 11 heteroatoms. The standard InChI is InChI=1S/C35H37N5O6/c1-25-12-10-13-26(20-25)37-35(44)36-22-32(41)40(23-33(42)38(2)27-14-6-5-7-15-27)28-16-11-17-29(21-28)46-24-34(43)39(3)30-18-8-9-19-31(30)45-4/h5-21H,22-24H2,1-4H3,(H2,36,37,44). The highest BCUT2D eigenvalue weighted by molar-refractivity contribution is 6.05. The van der Waals surface area contributed by atoms with Crippen LogP contribution in [0.5, 0.6) is 11.5 Å². The molecule has 238 valence electrons. The molecule has 0 aliphatic carbocycles. The Hall–Kier alpha value is -5.84. The SMILES string of the molecule is COc1ccccc1N(C)C(=O)COc1cccc(N(CC(=O)N(C)c2ccccc2)C(=O)CNC(=O)Nc2cccc(C)c2)c1. The Bertz CT molecular complexity index is 1680. The van der Waals surface area contributed by atoms with Crippen molar-refractivity contribution in [1.29, 1.82) is 0 Å². The van der Waals surface area contributed by atoms with E-state index in [1.165, 1.54) is 21.8 Å². The monoisotopic (exact) mass is 623 g/mol. The number of likely N-dealkylation sites (N-methyl/N-ethyl adjacent to an activating group) is 2. The van der Waals surface area contributed by atoms with E-state index in [4.69, 9.17) is 9.47 Å². The highest BCUT2D eigenvalue weighted by atomic mass is 16.5. The van der Waals surface area contributed by atoms with E-state index < -0.39 is 11.9 Å². The van der Waals surface area contributed by atoms with Gasteiger partial charge in [-0.1, -0.05) is 48.5 Å². The van der Waals surface area contributed by atoms with Crippen LogP contribution in [-0.2, 0) is 14.4 Å². The predicted octanol–water partition coefficient (Wildman–Crippen LogP) is 4.86. The normalized spacial score (nSPS) is 10.3. The summed E-state index contributed by atoms with van der Waals surface area (Å²) in [5.74, 6) is -0.361. The maximum Gasteiger partial charge on any atom is 0.319 e. The van der Waals surface area contributed by atoms with Gasteiger partial charge in [0.25, 0.3) is 5.91 Å². The number of ether oxygens (including phenoxy) is 2. The van der Waals surface area contributed by atoms with Crippen LogP contribution in [0, 0.1) is 6.92 Å². The second-order valence-electron chi connectivity index (χ2n) is 10.4. The zero-order chi connectivity index (χ0) is 33.1. The van der Waals surface area contributed by atoms with E-state index in [-0.39, 0.29) is 31.5 Å². The molecule has 0 aliphatic rings. The van der Waals surface area contributed by atoms with Gasteiger partial charge in [0, 0.05) is 37.2 Å². The van der Waals surface area contributed by atoms with Crippen molar-refractivity contribution in [1.82, 2.24) is 5.32 Å². The van der Waals surface area contributed by atoms with Gasteiger partial charge in [-0.15, -0.1) is 0 Å². The van der Waals surface area contributed by atoms with Crippen LogP contribution in [0.3, 0.4) is 0 Å². The number of methoxy groups -OCH3 is 1. The minimum absolute atomic E-state index is 0.289. The van der Waals surface area contributed by atoms with Crippen molar-refractivity contribution in [2.24, 2.45) is 0 Å². The van der Waals surface area contributed by atoms with E-state index >= 15 is 0 Å². The van der Waals surface area contributed by atoms with Crippen molar-refractivity contribution >= 4 is 46.5 Å². The third kappa shape index (κ3) is 8.85. The fourth-order valence-electron chi connectivity index (χ4n) is 4.53. The lowest BCUT2D eigenvalue weighted by Gasteiger charge is -2.26. The Kier molecular flexibility index (Phi) is 11.3. The van der Waals surface area contributed by atoms with Crippen LogP contribution in [0.1, 0.15) is 5.56 Å². The lowest BCUT2D eigenvalue weighted by atomic mass is 10.2. The number of rotatable bonds is 12. The van der Waals surface area contributed by atoms with Gasteiger partial charge in [0.15, 0.2) is 6.61 Å². The van der Waals surface area contributed by atoms with Crippen molar-refractivity contribution < 1.29 is 28.7 Å². The van der Waals surface area contributed by atoms with Crippen LogP contribution >= 0.6 is 0 Å². The molecule has 5 amide bonds. The van der Waals surface area contributed by atoms with Gasteiger partial charge in [-0.2, -0.15) is 0 Å². The second kappa shape index (κ2) is 15.8. The Morgan fingerprint density at radius 2 is 1.41 bits per heavy atom. The summed E-state index contributed by atoms with van der Waals surface area (Å²) in [7, 11) is 4.77. The number of benzene rings is 4. The number of nitrogens with one attached hydrogen (secondary N) is 2. The Morgan fingerprint density at radius 1 is 0.717 bits per heavy atom. The highest BCUT2D eigenvalue weighted by Gasteiger charge is 2.23. The first kappa shape index (κ1) is 33.1. The van der Waals surface area contributed by atoms with Crippen LogP contribution in [0.25, 0.3) is 0 Å². The number of amides is 5. The van der Waals surface area contributed by atoms with Crippen molar-refractivity contribution in [2.75, 3.05) is 60.9 Å². The zero-order valence-corrected chi connectivity index (χ0v) is 26.2. The van der Waals surface area contributed by atoms with Gasteiger partial charge in [0.05, 0.1) is 19.3 Å². The molecule has 0 unspecified atom stereocenters. The molecule has 4 rings (SSSR count). The number of anilines is 4.